The summed E-state index contributed by atoms with van der Waals surface area (Å²) in [5.74, 6) is -0.835. The van der Waals surface area contributed by atoms with Crippen molar-refractivity contribution < 1.29 is 13.9 Å². The number of aromatic nitrogens is 2. The lowest BCUT2D eigenvalue weighted by atomic mass is 10.1. The fourth-order valence-corrected chi connectivity index (χ4v) is 2.57. The third-order valence-electron chi connectivity index (χ3n) is 3.77. The highest BCUT2D eigenvalue weighted by Crippen LogP contribution is 2.10. The number of carbonyl (C=O) groups is 1. The van der Waals surface area contributed by atoms with E-state index in [1.54, 1.807) is 30.3 Å². The van der Waals surface area contributed by atoms with Gasteiger partial charge in [-0.25, -0.2) is 9.37 Å². The Kier molecular flexibility index (Phi) is 5.04. The summed E-state index contributed by atoms with van der Waals surface area (Å²) >= 11 is 0. The first-order valence-corrected chi connectivity index (χ1v) is 7.84. The molecule has 1 aromatic heterocycles. The van der Waals surface area contributed by atoms with E-state index in [9.17, 15) is 14.0 Å². The van der Waals surface area contributed by atoms with Crippen molar-refractivity contribution in [3.8, 4) is 6.07 Å². The highest BCUT2D eigenvalue weighted by Gasteiger charge is 2.13. The Balaban J connectivity index is 1.81. The number of benzene rings is 2. The molecular formula is C19H14FN3O3. The summed E-state index contributed by atoms with van der Waals surface area (Å²) in [4.78, 5) is 28.8. The van der Waals surface area contributed by atoms with E-state index in [1.165, 1.54) is 22.8 Å². The average molecular weight is 351 g/mol. The van der Waals surface area contributed by atoms with E-state index in [4.69, 9.17) is 10.00 Å². The van der Waals surface area contributed by atoms with Crippen LogP contribution in [0.3, 0.4) is 0 Å². The Morgan fingerprint density at radius 1 is 1.23 bits per heavy atom. The van der Waals surface area contributed by atoms with E-state index in [1.807, 2.05) is 6.07 Å². The topological polar surface area (TPSA) is 85.0 Å². The highest BCUT2D eigenvalue weighted by molar-refractivity contribution is 5.77. The molecule has 0 unspecified atom stereocenters. The maximum Gasteiger partial charge on any atom is 0.310 e. The van der Waals surface area contributed by atoms with Crippen molar-refractivity contribution in [1.82, 2.24) is 9.55 Å². The van der Waals surface area contributed by atoms with Gasteiger partial charge in [-0.2, -0.15) is 5.26 Å². The fraction of sp³-hybridized carbons (Fsp3) is 0.158. The van der Waals surface area contributed by atoms with Crippen molar-refractivity contribution in [2.45, 2.75) is 19.6 Å². The molecular weight excluding hydrogens is 337 g/mol. The maximum absolute atomic E-state index is 13.2. The first-order valence-electron chi connectivity index (χ1n) is 7.84. The van der Waals surface area contributed by atoms with E-state index in [0.29, 0.717) is 16.5 Å². The van der Waals surface area contributed by atoms with E-state index >= 15 is 0 Å². The van der Waals surface area contributed by atoms with Crippen LogP contribution < -0.4 is 5.56 Å². The van der Waals surface area contributed by atoms with Crippen LogP contribution in [0, 0.1) is 17.1 Å². The number of carbonyl (C=O) groups excluding carboxylic acids is 1. The van der Waals surface area contributed by atoms with Gasteiger partial charge in [0.2, 0.25) is 0 Å². The van der Waals surface area contributed by atoms with Crippen molar-refractivity contribution in [2.75, 3.05) is 0 Å². The largest absolute Gasteiger partial charge is 0.457 e. The maximum atomic E-state index is 13.2. The van der Waals surface area contributed by atoms with Gasteiger partial charge in [0, 0.05) is 0 Å². The third kappa shape index (κ3) is 3.75. The van der Waals surface area contributed by atoms with Crippen LogP contribution in [-0.4, -0.2) is 15.5 Å². The quantitative estimate of drug-likeness (QED) is 0.659. The zero-order valence-electron chi connectivity index (χ0n) is 13.7. The Morgan fingerprint density at radius 3 is 2.81 bits per heavy atom. The van der Waals surface area contributed by atoms with Gasteiger partial charge in [0.1, 0.15) is 19.0 Å². The van der Waals surface area contributed by atoms with Crippen molar-refractivity contribution in [3.63, 3.8) is 0 Å². The number of halogens is 1. The van der Waals surface area contributed by atoms with Crippen molar-refractivity contribution in [2.24, 2.45) is 0 Å². The van der Waals surface area contributed by atoms with Crippen LogP contribution in [0.25, 0.3) is 10.9 Å². The first-order chi connectivity index (χ1) is 12.6. The summed E-state index contributed by atoms with van der Waals surface area (Å²) in [6, 6.07) is 14.3. The number of nitriles is 1. The van der Waals surface area contributed by atoms with Gasteiger partial charge in [-0.3, -0.25) is 14.2 Å². The number of ether oxygens (including phenoxy) is 1. The summed E-state index contributed by atoms with van der Waals surface area (Å²) < 4.78 is 19.5. The van der Waals surface area contributed by atoms with Gasteiger partial charge in [0.05, 0.1) is 23.4 Å². The Bertz CT molecular complexity index is 1070. The van der Waals surface area contributed by atoms with Crippen molar-refractivity contribution in [3.05, 3.63) is 76.1 Å². The molecule has 3 rings (SSSR count). The third-order valence-corrected chi connectivity index (χ3v) is 3.77. The minimum absolute atomic E-state index is 0.103. The molecule has 0 aliphatic rings. The van der Waals surface area contributed by atoms with Gasteiger partial charge in [-0.05, 0) is 29.8 Å². The molecule has 0 radical (unpaired) electrons. The fourth-order valence-electron chi connectivity index (χ4n) is 2.57. The van der Waals surface area contributed by atoms with Crippen molar-refractivity contribution >= 4 is 16.9 Å². The molecule has 0 N–H and O–H groups in total. The molecule has 0 bridgehead atoms. The normalized spacial score (nSPS) is 10.5. The Labute approximate surface area is 148 Å². The number of rotatable bonds is 5. The predicted molar refractivity (Wildman–Crippen MR) is 91.5 cm³/mol. The van der Waals surface area contributed by atoms with Gasteiger partial charge < -0.3 is 4.74 Å². The smallest absolute Gasteiger partial charge is 0.310 e. The molecule has 0 saturated carbocycles. The van der Waals surface area contributed by atoms with E-state index < -0.39 is 11.8 Å². The lowest BCUT2D eigenvalue weighted by Crippen LogP contribution is -2.26. The molecule has 130 valence electrons. The second-order valence-electron chi connectivity index (χ2n) is 5.56. The van der Waals surface area contributed by atoms with Gasteiger partial charge in [0.25, 0.3) is 5.56 Å². The molecule has 0 amide bonds. The Morgan fingerprint density at radius 2 is 2.04 bits per heavy atom. The SMILES string of the molecule is N#CCn1c(COC(=O)Cc2cccc(F)c2)nc2ccccc2c1=O. The molecule has 0 atom stereocenters. The molecule has 6 nitrogen and oxygen atoms in total. The molecule has 0 spiro atoms. The second kappa shape index (κ2) is 7.57. The number of nitrogens with zero attached hydrogens (tertiary/aromatic N) is 3. The number of hydrogen-bond acceptors (Lipinski definition) is 5. The van der Waals surface area contributed by atoms with Crippen molar-refractivity contribution in [1.29, 1.82) is 5.26 Å². The van der Waals surface area contributed by atoms with Crippen LogP contribution >= 0.6 is 0 Å². The Hall–Kier alpha value is -3.53. The molecule has 0 aliphatic heterocycles. The molecule has 1 heterocycles. The molecule has 7 heteroatoms. The minimum atomic E-state index is -0.582. The number of para-hydroxylation sites is 1. The zero-order valence-corrected chi connectivity index (χ0v) is 13.7. The molecule has 26 heavy (non-hydrogen) atoms. The van der Waals surface area contributed by atoms with Crippen LogP contribution in [0.4, 0.5) is 4.39 Å². The first kappa shape index (κ1) is 17.3. The highest BCUT2D eigenvalue weighted by atomic mass is 19.1. The van der Waals surface area contributed by atoms with E-state index in [-0.39, 0.29) is 31.0 Å². The average Bonchev–Trinajstić information content (AvgIpc) is 2.63. The standard InChI is InChI=1S/C19H14FN3O3/c20-14-5-3-4-13(10-14)11-18(24)26-12-17-22-16-7-2-1-6-15(16)19(25)23(17)9-8-21/h1-7,10H,9,11-12H2. The van der Waals surface area contributed by atoms with Crippen LogP contribution in [0.5, 0.6) is 0 Å². The molecule has 3 aromatic rings. The minimum Gasteiger partial charge on any atom is -0.457 e. The van der Waals surface area contributed by atoms with E-state index in [0.717, 1.165) is 0 Å². The van der Waals surface area contributed by atoms with Crippen LogP contribution in [-0.2, 0) is 29.1 Å². The summed E-state index contributed by atoms with van der Waals surface area (Å²) in [7, 11) is 0. The van der Waals surface area contributed by atoms with E-state index in [2.05, 4.69) is 4.98 Å². The summed E-state index contributed by atoms with van der Waals surface area (Å²) in [6.45, 7) is -0.455. The van der Waals surface area contributed by atoms with Gasteiger partial charge in [0.15, 0.2) is 5.82 Å². The second-order valence-corrected chi connectivity index (χ2v) is 5.56. The van der Waals surface area contributed by atoms with Crippen LogP contribution in [0.15, 0.2) is 53.3 Å². The molecule has 0 fully saturated rings. The lowest BCUT2D eigenvalue weighted by Gasteiger charge is -2.11. The number of fused-ring (bicyclic) bond motifs is 1. The number of esters is 1. The molecule has 0 saturated heterocycles. The molecule has 0 aliphatic carbocycles. The predicted octanol–water partition coefficient (Wildman–Crippen LogP) is 2.35. The summed E-state index contributed by atoms with van der Waals surface area (Å²) in [5.41, 5.74) is 0.576. The summed E-state index contributed by atoms with van der Waals surface area (Å²) in [6.07, 6.45) is -0.103. The molecule has 2 aromatic carbocycles. The monoisotopic (exact) mass is 351 g/mol. The lowest BCUT2D eigenvalue weighted by molar-refractivity contribution is -0.144. The zero-order chi connectivity index (χ0) is 18.5. The van der Waals surface area contributed by atoms with Crippen LogP contribution in [0.2, 0.25) is 0 Å². The van der Waals surface area contributed by atoms with Crippen LogP contribution in [0.1, 0.15) is 11.4 Å². The van der Waals surface area contributed by atoms with Gasteiger partial charge in [-0.15, -0.1) is 0 Å². The van der Waals surface area contributed by atoms with Gasteiger partial charge >= 0.3 is 5.97 Å². The summed E-state index contributed by atoms with van der Waals surface area (Å²) in [5, 5.41) is 9.34. The number of hydrogen-bond donors (Lipinski definition) is 0. The van der Waals surface area contributed by atoms with Gasteiger partial charge in [-0.1, -0.05) is 24.3 Å².